The van der Waals surface area contributed by atoms with E-state index < -0.39 is 0 Å². The Morgan fingerprint density at radius 1 is 0.556 bits per heavy atom. The van der Waals surface area contributed by atoms with Crippen molar-refractivity contribution in [3.8, 4) is 5.69 Å². The van der Waals surface area contributed by atoms with Crippen molar-refractivity contribution in [2.45, 2.75) is 0 Å². The molecule has 0 radical (unpaired) electrons. The molecule has 0 saturated carbocycles. The number of benzene rings is 4. The monoisotopic (exact) mass is 344 g/mol. The van der Waals surface area contributed by atoms with Gasteiger partial charge in [-0.15, -0.1) is 0 Å². The second-order valence-corrected chi connectivity index (χ2v) is 6.92. The summed E-state index contributed by atoms with van der Waals surface area (Å²) in [5, 5.41) is 8.92. The van der Waals surface area contributed by atoms with Crippen LogP contribution in [0.4, 0.5) is 0 Å². The van der Waals surface area contributed by atoms with Gasteiger partial charge in [-0.1, -0.05) is 54.6 Å². The molecule has 2 aromatic heterocycles. The van der Waals surface area contributed by atoms with Gasteiger partial charge in [0.25, 0.3) is 0 Å². The Morgan fingerprint density at radius 3 is 1.89 bits per heavy atom. The highest BCUT2D eigenvalue weighted by Gasteiger charge is 2.10. The molecule has 0 unspecified atom stereocenters. The first kappa shape index (κ1) is 14.5. The van der Waals surface area contributed by atoms with Crippen LogP contribution in [0, 0.1) is 0 Å². The topological polar surface area (TPSA) is 17.8 Å². The van der Waals surface area contributed by atoms with Crippen molar-refractivity contribution in [3.05, 3.63) is 97.3 Å². The molecule has 0 saturated heterocycles. The van der Waals surface area contributed by atoms with E-state index in [9.17, 15) is 0 Å². The van der Waals surface area contributed by atoms with Gasteiger partial charge in [-0.3, -0.25) is 0 Å². The molecule has 126 valence electrons. The van der Waals surface area contributed by atoms with E-state index in [4.69, 9.17) is 0 Å². The van der Waals surface area contributed by atoms with Crippen molar-refractivity contribution in [2.24, 2.45) is 0 Å². The van der Waals surface area contributed by atoms with Gasteiger partial charge >= 0.3 is 0 Å². The number of nitrogens with zero attached hydrogens (tertiary/aromatic N) is 2. The van der Waals surface area contributed by atoms with Crippen molar-refractivity contribution < 1.29 is 0 Å². The van der Waals surface area contributed by atoms with Gasteiger partial charge in [0.1, 0.15) is 5.65 Å². The normalized spacial score (nSPS) is 11.7. The average molecular weight is 344 g/mol. The van der Waals surface area contributed by atoms with Crippen molar-refractivity contribution in [1.29, 1.82) is 0 Å². The molecule has 2 nitrogen and oxygen atoms in total. The Morgan fingerprint density at radius 2 is 1.19 bits per heavy atom. The van der Waals surface area contributed by atoms with Gasteiger partial charge in [0.2, 0.25) is 0 Å². The summed E-state index contributed by atoms with van der Waals surface area (Å²) in [4.78, 5) is 4.57. The van der Waals surface area contributed by atoms with Crippen molar-refractivity contribution >= 4 is 43.4 Å². The zero-order valence-corrected chi connectivity index (χ0v) is 14.6. The molecule has 27 heavy (non-hydrogen) atoms. The number of pyridine rings is 1. The molecule has 0 fully saturated rings. The van der Waals surface area contributed by atoms with Crippen molar-refractivity contribution in [2.75, 3.05) is 0 Å². The van der Waals surface area contributed by atoms with E-state index in [1.165, 1.54) is 32.3 Å². The molecule has 0 N–H and O–H groups in total. The third-order valence-corrected chi connectivity index (χ3v) is 5.45. The minimum atomic E-state index is 0.988. The van der Waals surface area contributed by atoms with E-state index >= 15 is 0 Å². The molecule has 4 aromatic carbocycles. The van der Waals surface area contributed by atoms with E-state index in [0.717, 1.165) is 16.7 Å². The van der Waals surface area contributed by atoms with Gasteiger partial charge < -0.3 is 4.57 Å². The van der Waals surface area contributed by atoms with Gasteiger partial charge in [-0.25, -0.2) is 4.98 Å². The summed E-state index contributed by atoms with van der Waals surface area (Å²) in [6.07, 6.45) is 3.95. The fraction of sp³-hybridized carbons (Fsp3) is 0. The van der Waals surface area contributed by atoms with Crippen LogP contribution in [0.3, 0.4) is 0 Å². The van der Waals surface area contributed by atoms with Crippen LogP contribution in [0.1, 0.15) is 0 Å². The summed E-state index contributed by atoms with van der Waals surface area (Å²) in [5.41, 5.74) is 2.12. The largest absolute Gasteiger partial charge is 0.301 e. The Bertz CT molecular complexity index is 1440. The Balaban J connectivity index is 1.76. The fourth-order valence-corrected chi connectivity index (χ4v) is 4.22. The van der Waals surface area contributed by atoms with Gasteiger partial charge in [0.05, 0.1) is 0 Å². The first-order valence-corrected chi connectivity index (χ1v) is 9.16. The van der Waals surface area contributed by atoms with Crippen LogP contribution in [0.15, 0.2) is 97.3 Å². The molecular weight excluding hydrogens is 328 g/mol. The molecule has 0 aliphatic heterocycles. The minimum absolute atomic E-state index is 0.988. The lowest BCUT2D eigenvalue weighted by atomic mass is 9.94. The van der Waals surface area contributed by atoms with Gasteiger partial charge in [-0.2, -0.15) is 0 Å². The molecule has 2 heteroatoms. The number of hydrogen-bond acceptors (Lipinski definition) is 1. The lowest BCUT2D eigenvalue weighted by Gasteiger charge is -2.12. The summed E-state index contributed by atoms with van der Waals surface area (Å²) in [6.45, 7) is 0. The maximum Gasteiger partial charge on any atom is 0.144 e. The van der Waals surface area contributed by atoms with Crippen LogP contribution >= 0.6 is 0 Å². The Hall–Kier alpha value is -3.65. The highest BCUT2D eigenvalue weighted by Crippen LogP contribution is 2.36. The molecule has 0 spiro atoms. The third kappa shape index (κ3) is 2.04. The van der Waals surface area contributed by atoms with E-state index in [1.807, 2.05) is 12.3 Å². The highest BCUT2D eigenvalue weighted by atomic mass is 15.0. The SMILES string of the molecule is c1cnc2c(c1)ccn2-c1ccc2c3ccccc3c3ccccc3c2c1. The van der Waals surface area contributed by atoms with Gasteiger partial charge in [0.15, 0.2) is 0 Å². The first-order chi connectivity index (χ1) is 13.4. The van der Waals surface area contributed by atoms with Crippen LogP contribution in [-0.2, 0) is 0 Å². The summed E-state index contributed by atoms with van der Waals surface area (Å²) >= 11 is 0. The predicted octanol–water partition coefficient (Wildman–Crippen LogP) is 6.49. The van der Waals surface area contributed by atoms with Crippen LogP contribution in [0.2, 0.25) is 0 Å². The van der Waals surface area contributed by atoms with E-state index in [-0.39, 0.29) is 0 Å². The summed E-state index contributed by atoms with van der Waals surface area (Å²) in [6, 6.07) is 30.3. The number of rotatable bonds is 1. The zero-order chi connectivity index (χ0) is 17.8. The van der Waals surface area contributed by atoms with Gasteiger partial charge in [0, 0.05) is 23.5 Å². The average Bonchev–Trinajstić information content (AvgIpc) is 3.18. The van der Waals surface area contributed by atoms with E-state index in [1.54, 1.807) is 0 Å². The lowest BCUT2D eigenvalue weighted by Crippen LogP contribution is -1.94. The van der Waals surface area contributed by atoms with Crippen LogP contribution in [-0.4, -0.2) is 9.55 Å². The van der Waals surface area contributed by atoms with Crippen molar-refractivity contribution in [1.82, 2.24) is 9.55 Å². The van der Waals surface area contributed by atoms with Crippen LogP contribution in [0.5, 0.6) is 0 Å². The van der Waals surface area contributed by atoms with E-state index in [2.05, 4.69) is 94.6 Å². The van der Waals surface area contributed by atoms with Crippen LogP contribution in [0.25, 0.3) is 49.0 Å². The number of hydrogen-bond donors (Lipinski definition) is 0. The minimum Gasteiger partial charge on any atom is -0.301 e. The summed E-state index contributed by atoms with van der Waals surface area (Å²) < 4.78 is 2.17. The fourth-order valence-electron chi connectivity index (χ4n) is 4.22. The smallest absolute Gasteiger partial charge is 0.144 e. The van der Waals surface area contributed by atoms with Crippen LogP contribution < -0.4 is 0 Å². The molecule has 0 aliphatic carbocycles. The van der Waals surface area contributed by atoms with E-state index in [0.29, 0.717) is 0 Å². The third-order valence-electron chi connectivity index (χ3n) is 5.45. The molecule has 0 bridgehead atoms. The zero-order valence-electron chi connectivity index (χ0n) is 14.6. The molecule has 2 heterocycles. The maximum absolute atomic E-state index is 4.57. The summed E-state index contributed by atoms with van der Waals surface area (Å²) in [5.74, 6) is 0. The standard InChI is InChI=1S/C25H16N2/c1-2-9-21-19(7-1)20-8-3-4-10-22(20)24-16-18(11-12-23(21)24)27-15-13-17-6-5-14-26-25(17)27/h1-16H. The molecular formula is C25H16N2. The number of aromatic nitrogens is 2. The van der Waals surface area contributed by atoms with Gasteiger partial charge in [-0.05, 0) is 62.6 Å². The first-order valence-electron chi connectivity index (χ1n) is 9.16. The molecule has 6 rings (SSSR count). The number of fused-ring (bicyclic) bond motifs is 7. The quantitative estimate of drug-likeness (QED) is 0.312. The van der Waals surface area contributed by atoms with Crippen molar-refractivity contribution in [3.63, 3.8) is 0 Å². The second kappa shape index (κ2) is 5.42. The second-order valence-electron chi connectivity index (χ2n) is 6.92. The maximum atomic E-state index is 4.57. The predicted molar refractivity (Wildman–Crippen MR) is 114 cm³/mol. The highest BCUT2D eigenvalue weighted by molar-refractivity contribution is 6.25. The molecule has 6 aromatic rings. The molecule has 0 atom stereocenters. The lowest BCUT2D eigenvalue weighted by molar-refractivity contribution is 1.10. The molecule has 0 amide bonds. The summed E-state index contributed by atoms with van der Waals surface area (Å²) in [7, 11) is 0. The Labute approximate surface area is 156 Å². The molecule has 0 aliphatic rings. The Kier molecular flexibility index (Phi) is 2.91.